The zero-order valence-corrected chi connectivity index (χ0v) is 9.95. The summed E-state index contributed by atoms with van der Waals surface area (Å²) in [4.78, 5) is 24.2. The molecule has 2 N–H and O–H groups in total. The largest absolute Gasteiger partial charge is 0.368 e. The average molecular weight is 263 g/mol. The second-order valence-electron chi connectivity index (χ2n) is 3.88. The van der Waals surface area contributed by atoms with Gasteiger partial charge in [0.1, 0.15) is 6.04 Å². The second-order valence-corrected chi connectivity index (χ2v) is 4.98. The van der Waals surface area contributed by atoms with E-state index in [1.54, 1.807) is 4.90 Å². The molecule has 0 aliphatic carbocycles. The van der Waals surface area contributed by atoms with E-state index in [4.69, 9.17) is 5.73 Å². The van der Waals surface area contributed by atoms with Crippen molar-refractivity contribution in [2.24, 2.45) is 11.7 Å². The van der Waals surface area contributed by atoms with Gasteiger partial charge in [0.15, 0.2) is 0 Å². The first-order chi connectivity index (χ1) is 6.45. The average Bonchev–Trinajstić information content (AvgIpc) is 2.35. The maximum atomic E-state index is 11.6. The molecule has 0 radical (unpaired) electrons. The Hall–Kier alpha value is -0.580. The van der Waals surface area contributed by atoms with Crippen LogP contribution < -0.4 is 5.73 Å². The smallest absolute Gasteiger partial charge is 0.240 e. The van der Waals surface area contributed by atoms with Crippen molar-refractivity contribution < 1.29 is 9.59 Å². The molecule has 0 aromatic rings. The molecular formula is C9H15BrN2O2. The van der Waals surface area contributed by atoms with Crippen molar-refractivity contribution in [2.45, 2.75) is 31.1 Å². The lowest BCUT2D eigenvalue weighted by molar-refractivity contribution is -0.137. The van der Waals surface area contributed by atoms with Gasteiger partial charge in [-0.1, -0.05) is 29.8 Å². The molecule has 14 heavy (non-hydrogen) atoms. The van der Waals surface area contributed by atoms with Crippen molar-refractivity contribution in [1.82, 2.24) is 4.90 Å². The van der Waals surface area contributed by atoms with Crippen LogP contribution in [0.25, 0.3) is 0 Å². The van der Waals surface area contributed by atoms with E-state index in [2.05, 4.69) is 15.9 Å². The molecule has 0 spiro atoms. The summed E-state index contributed by atoms with van der Waals surface area (Å²) in [7, 11) is 0. The van der Waals surface area contributed by atoms with Crippen LogP contribution in [-0.2, 0) is 9.59 Å². The Balaban J connectivity index is 2.80. The van der Waals surface area contributed by atoms with Crippen molar-refractivity contribution in [3.63, 3.8) is 0 Å². The zero-order valence-electron chi connectivity index (χ0n) is 8.37. The standard InChI is InChI=1S/C9H15BrN2O2/c1-5(2)7(8(11)13)12-4-3-6(10)9(12)14/h5-7H,3-4H2,1-2H3,(H2,11,13). The van der Waals surface area contributed by atoms with Crippen LogP contribution >= 0.6 is 15.9 Å². The molecule has 1 fully saturated rings. The lowest BCUT2D eigenvalue weighted by Gasteiger charge is -2.28. The number of hydrogen-bond donors (Lipinski definition) is 1. The highest BCUT2D eigenvalue weighted by Gasteiger charge is 2.38. The minimum Gasteiger partial charge on any atom is -0.368 e. The van der Waals surface area contributed by atoms with E-state index in [0.29, 0.717) is 6.54 Å². The van der Waals surface area contributed by atoms with Gasteiger partial charge in [0.05, 0.1) is 4.83 Å². The van der Waals surface area contributed by atoms with Gasteiger partial charge in [-0.3, -0.25) is 9.59 Å². The van der Waals surface area contributed by atoms with E-state index < -0.39 is 11.9 Å². The van der Waals surface area contributed by atoms with Crippen LogP contribution in [0, 0.1) is 5.92 Å². The Morgan fingerprint density at radius 3 is 2.50 bits per heavy atom. The number of carbonyl (C=O) groups is 2. The molecule has 2 amide bonds. The predicted molar refractivity (Wildman–Crippen MR) is 56.9 cm³/mol. The fraction of sp³-hybridized carbons (Fsp3) is 0.778. The highest BCUT2D eigenvalue weighted by molar-refractivity contribution is 9.10. The van der Waals surface area contributed by atoms with E-state index in [1.807, 2.05) is 13.8 Å². The summed E-state index contributed by atoms with van der Waals surface area (Å²) in [6.45, 7) is 4.40. The van der Waals surface area contributed by atoms with E-state index >= 15 is 0 Å². The van der Waals surface area contributed by atoms with Gasteiger partial charge in [-0.15, -0.1) is 0 Å². The molecule has 2 unspecified atom stereocenters. The number of hydrogen-bond acceptors (Lipinski definition) is 2. The molecule has 0 aromatic heterocycles. The van der Waals surface area contributed by atoms with Crippen molar-refractivity contribution in [3.05, 3.63) is 0 Å². The molecular weight excluding hydrogens is 248 g/mol. The van der Waals surface area contributed by atoms with Crippen molar-refractivity contribution >= 4 is 27.7 Å². The number of halogens is 1. The van der Waals surface area contributed by atoms with Crippen LogP contribution in [0.2, 0.25) is 0 Å². The van der Waals surface area contributed by atoms with E-state index in [1.165, 1.54) is 0 Å². The maximum Gasteiger partial charge on any atom is 0.240 e. The first kappa shape index (κ1) is 11.5. The summed E-state index contributed by atoms with van der Waals surface area (Å²) < 4.78 is 0. The number of rotatable bonds is 3. The molecule has 1 heterocycles. The third kappa shape index (κ3) is 2.08. The van der Waals surface area contributed by atoms with Gasteiger partial charge in [0.2, 0.25) is 11.8 Å². The van der Waals surface area contributed by atoms with Crippen molar-refractivity contribution in [1.29, 1.82) is 0 Å². The molecule has 80 valence electrons. The third-order valence-electron chi connectivity index (χ3n) is 2.43. The highest BCUT2D eigenvalue weighted by Crippen LogP contribution is 2.23. The SMILES string of the molecule is CC(C)C(C(N)=O)N1CCC(Br)C1=O. The lowest BCUT2D eigenvalue weighted by Crippen LogP contribution is -2.49. The van der Waals surface area contributed by atoms with Crippen LogP contribution in [-0.4, -0.2) is 34.1 Å². The van der Waals surface area contributed by atoms with Crippen LogP contribution in [0.5, 0.6) is 0 Å². The summed E-state index contributed by atoms with van der Waals surface area (Å²) in [5.74, 6) is -0.383. The number of primary amides is 1. The molecule has 1 aliphatic rings. The van der Waals surface area contributed by atoms with Crippen LogP contribution in [0.1, 0.15) is 20.3 Å². The molecule has 0 bridgehead atoms. The number of carbonyl (C=O) groups excluding carboxylic acids is 2. The van der Waals surface area contributed by atoms with Gasteiger partial charge in [0.25, 0.3) is 0 Å². The molecule has 2 atom stereocenters. The van der Waals surface area contributed by atoms with Gasteiger partial charge >= 0.3 is 0 Å². The molecule has 5 heteroatoms. The molecule has 1 rings (SSSR count). The maximum absolute atomic E-state index is 11.6. The molecule has 1 aliphatic heterocycles. The van der Waals surface area contributed by atoms with Crippen LogP contribution in [0.3, 0.4) is 0 Å². The molecule has 0 aromatic carbocycles. The summed E-state index contributed by atoms with van der Waals surface area (Å²) >= 11 is 3.27. The number of amides is 2. The topological polar surface area (TPSA) is 63.4 Å². The van der Waals surface area contributed by atoms with Crippen LogP contribution in [0.15, 0.2) is 0 Å². The first-order valence-electron chi connectivity index (χ1n) is 4.69. The Morgan fingerprint density at radius 2 is 2.21 bits per heavy atom. The number of nitrogens with zero attached hydrogens (tertiary/aromatic N) is 1. The van der Waals surface area contributed by atoms with Gasteiger partial charge in [-0.25, -0.2) is 0 Å². The fourth-order valence-electron chi connectivity index (χ4n) is 1.78. The quantitative estimate of drug-likeness (QED) is 0.753. The second kappa shape index (κ2) is 4.29. The Labute approximate surface area is 91.9 Å². The van der Waals surface area contributed by atoms with Crippen molar-refractivity contribution in [3.8, 4) is 0 Å². The summed E-state index contributed by atoms with van der Waals surface area (Å²) in [5.41, 5.74) is 5.28. The summed E-state index contributed by atoms with van der Waals surface area (Å²) in [6, 6.07) is -0.468. The minimum absolute atomic E-state index is 0.0255. The lowest BCUT2D eigenvalue weighted by atomic mass is 10.0. The van der Waals surface area contributed by atoms with Gasteiger partial charge in [-0.2, -0.15) is 0 Å². The summed E-state index contributed by atoms with van der Waals surface area (Å²) in [5, 5.41) is 0. The van der Waals surface area contributed by atoms with E-state index in [9.17, 15) is 9.59 Å². The van der Waals surface area contributed by atoms with Gasteiger partial charge in [-0.05, 0) is 12.3 Å². The monoisotopic (exact) mass is 262 g/mol. The van der Waals surface area contributed by atoms with Crippen LogP contribution in [0.4, 0.5) is 0 Å². The van der Waals surface area contributed by atoms with E-state index in [0.717, 1.165) is 6.42 Å². The van der Waals surface area contributed by atoms with E-state index in [-0.39, 0.29) is 16.7 Å². The molecule has 1 saturated heterocycles. The number of likely N-dealkylation sites (tertiary alicyclic amines) is 1. The Bertz CT molecular complexity index is 255. The Morgan fingerprint density at radius 1 is 1.64 bits per heavy atom. The van der Waals surface area contributed by atoms with Gasteiger partial charge < -0.3 is 10.6 Å². The third-order valence-corrected chi connectivity index (χ3v) is 3.28. The fourth-order valence-corrected chi connectivity index (χ4v) is 2.25. The van der Waals surface area contributed by atoms with Gasteiger partial charge in [0, 0.05) is 6.54 Å². The normalized spacial score (nSPS) is 24.4. The summed E-state index contributed by atoms with van der Waals surface area (Å²) in [6.07, 6.45) is 0.745. The minimum atomic E-state index is -0.468. The molecule has 4 nitrogen and oxygen atoms in total. The predicted octanol–water partition coefficient (Wildman–Crippen LogP) is 0.492. The zero-order chi connectivity index (χ0) is 10.9. The Kier molecular flexibility index (Phi) is 3.53. The first-order valence-corrected chi connectivity index (χ1v) is 5.60. The highest BCUT2D eigenvalue weighted by atomic mass is 79.9. The number of alkyl halides is 1. The number of nitrogens with two attached hydrogens (primary N) is 1. The molecule has 0 saturated carbocycles. The van der Waals surface area contributed by atoms with Crippen molar-refractivity contribution in [2.75, 3.05) is 6.54 Å².